The van der Waals surface area contributed by atoms with Crippen LogP contribution in [-0.2, 0) is 11.3 Å². The van der Waals surface area contributed by atoms with E-state index in [1.165, 1.54) is 30.3 Å². The normalized spacial score (nSPS) is 19.3. The number of aryl methyl sites for hydroxylation is 2. The number of aromatic nitrogens is 2. The highest BCUT2D eigenvalue weighted by atomic mass is 16.2. The monoisotopic (exact) mass is 340 g/mol. The molecule has 2 fully saturated rings. The standard InChI is InChI=1S/C20H28N4O/c1-16-4-2-5-19-18(16)14-21-24(19)11-8-20(25)23-10-3-9-22(12-13-23)15-17-6-7-17/h2,4-5,14,17H,3,6-13,15H2,1H3. The lowest BCUT2D eigenvalue weighted by atomic mass is 10.1. The molecule has 1 aliphatic carbocycles. The molecule has 5 nitrogen and oxygen atoms in total. The molecule has 5 heteroatoms. The molecule has 0 bridgehead atoms. The topological polar surface area (TPSA) is 41.4 Å². The zero-order valence-electron chi connectivity index (χ0n) is 15.2. The fraction of sp³-hybridized carbons (Fsp3) is 0.600. The minimum Gasteiger partial charge on any atom is -0.341 e. The second-order valence-corrected chi connectivity index (χ2v) is 7.60. The molecule has 2 aliphatic rings. The van der Waals surface area contributed by atoms with Crippen LogP contribution in [0.25, 0.3) is 10.9 Å². The highest BCUT2D eigenvalue weighted by molar-refractivity contribution is 5.82. The molecule has 25 heavy (non-hydrogen) atoms. The molecule has 1 aliphatic heterocycles. The van der Waals surface area contributed by atoms with Crippen LogP contribution in [-0.4, -0.2) is 58.2 Å². The molecule has 0 spiro atoms. The molecular formula is C20H28N4O. The molecule has 4 rings (SSSR count). The van der Waals surface area contributed by atoms with E-state index in [2.05, 4.69) is 40.0 Å². The van der Waals surface area contributed by atoms with Crippen molar-refractivity contribution in [2.45, 2.75) is 39.2 Å². The quantitative estimate of drug-likeness (QED) is 0.840. The van der Waals surface area contributed by atoms with Crippen molar-refractivity contribution in [2.75, 3.05) is 32.7 Å². The fourth-order valence-electron chi connectivity index (χ4n) is 3.85. The molecular weight excluding hydrogens is 312 g/mol. The molecule has 2 heterocycles. The van der Waals surface area contributed by atoms with Gasteiger partial charge in [-0.3, -0.25) is 9.48 Å². The van der Waals surface area contributed by atoms with Crippen LogP contribution in [0.3, 0.4) is 0 Å². The summed E-state index contributed by atoms with van der Waals surface area (Å²) in [5.41, 5.74) is 2.36. The molecule has 0 unspecified atom stereocenters. The SMILES string of the molecule is Cc1cccc2c1cnn2CCC(=O)N1CCCN(CC2CC2)CC1. The average molecular weight is 340 g/mol. The summed E-state index contributed by atoms with van der Waals surface area (Å²) in [7, 11) is 0. The van der Waals surface area contributed by atoms with Crippen molar-refractivity contribution >= 4 is 16.8 Å². The third-order valence-corrected chi connectivity index (χ3v) is 5.60. The van der Waals surface area contributed by atoms with E-state index in [1.54, 1.807) is 0 Å². The van der Waals surface area contributed by atoms with Crippen molar-refractivity contribution < 1.29 is 4.79 Å². The van der Waals surface area contributed by atoms with Gasteiger partial charge in [-0.25, -0.2) is 0 Å². The first-order chi connectivity index (χ1) is 12.2. The van der Waals surface area contributed by atoms with E-state index in [0.29, 0.717) is 13.0 Å². The second-order valence-electron chi connectivity index (χ2n) is 7.60. The van der Waals surface area contributed by atoms with Crippen LogP contribution in [0.1, 0.15) is 31.2 Å². The van der Waals surface area contributed by atoms with Gasteiger partial charge in [-0.15, -0.1) is 0 Å². The zero-order valence-corrected chi connectivity index (χ0v) is 15.2. The van der Waals surface area contributed by atoms with Crippen molar-refractivity contribution in [3.05, 3.63) is 30.0 Å². The molecule has 0 radical (unpaired) electrons. The van der Waals surface area contributed by atoms with Gasteiger partial charge in [-0.05, 0) is 50.3 Å². The first-order valence-corrected chi connectivity index (χ1v) is 9.62. The summed E-state index contributed by atoms with van der Waals surface area (Å²) >= 11 is 0. The predicted octanol–water partition coefficient (Wildman–Crippen LogP) is 2.68. The molecule has 1 aromatic carbocycles. The van der Waals surface area contributed by atoms with Crippen LogP contribution in [0, 0.1) is 12.8 Å². The summed E-state index contributed by atoms with van der Waals surface area (Å²) < 4.78 is 1.97. The van der Waals surface area contributed by atoms with Gasteiger partial charge >= 0.3 is 0 Å². The maximum Gasteiger partial charge on any atom is 0.224 e. The van der Waals surface area contributed by atoms with Gasteiger partial charge in [0.2, 0.25) is 5.91 Å². The van der Waals surface area contributed by atoms with E-state index in [1.807, 2.05) is 10.9 Å². The van der Waals surface area contributed by atoms with Crippen LogP contribution in [0.5, 0.6) is 0 Å². The van der Waals surface area contributed by atoms with E-state index in [9.17, 15) is 4.79 Å². The Morgan fingerprint density at radius 1 is 1.20 bits per heavy atom. The number of fused-ring (bicyclic) bond motifs is 1. The number of hydrogen-bond acceptors (Lipinski definition) is 3. The molecule has 0 N–H and O–H groups in total. The Morgan fingerprint density at radius 3 is 2.92 bits per heavy atom. The van der Waals surface area contributed by atoms with Crippen molar-refractivity contribution in [3.63, 3.8) is 0 Å². The number of benzene rings is 1. The molecule has 1 saturated carbocycles. The van der Waals surface area contributed by atoms with Gasteiger partial charge in [-0.2, -0.15) is 5.10 Å². The van der Waals surface area contributed by atoms with E-state index in [-0.39, 0.29) is 5.91 Å². The Kier molecular flexibility index (Phi) is 4.75. The van der Waals surface area contributed by atoms with Crippen molar-refractivity contribution in [1.29, 1.82) is 0 Å². The number of nitrogens with zero attached hydrogens (tertiary/aromatic N) is 4. The second kappa shape index (κ2) is 7.16. The minimum atomic E-state index is 0.268. The van der Waals surface area contributed by atoms with Crippen molar-refractivity contribution in [1.82, 2.24) is 19.6 Å². The molecule has 1 aromatic heterocycles. The van der Waals surface area contributed by atoms with Crippen molar-refractivity contribution in [2.24, 2.45) is 5.92 Å². The Bertz CT molecular complexity index is 749. The van der Waals surface area contributed by atoms with Gasteiger partial charge in [0.25, 0.3) is 0 Å². The Labute approximate surface area is 149 Å². The number of rotatable bonds is 5. The summed E-state index contributed by atoms with van der Waals surface area (Å²) in [5, 5.41) is 5.66. The first-order valence-electron chi connectivity index (χ1n) is 9.62. The summed E-state index contributed by atoms with van der Waals surface area (Å²) in [6.45, 7) is 7.96. The van der Waals surface area contributed by atoms with Crippen LogP contribution in [0.4, 0.5) is 0 Å². The predicted molar refractivity (Wildman–Crippen MR) is 99.4 cm³/mol. The Balaban J connectivity index is 1.32. The third kappa shape index (κ3) is 3.87. The minimum absolute atomic E-state index is 0.268. The number of amides is 1. The molecule has 1 amide bonds. The number of hydrogen-bond donors (Lipinski definition) is 0. The highest BCUT2D eigenvalue weighted by Crippen LogP contribution is 2.30. The molecule has 2 aromatic rings. The van der Waals surface area contributed by atoms with Gasteiger partial charge in [0, 0.05) is 38.0 Å². The lowest BCUT2D eigenvalue weighted by molar-refractivity contribution is -0.131. The van der Waals surface area contributed by atoms with Crippen LogP contribution >= 0.6 is 0 Å². The van der Waals surface area contributed by atoms with E-state index in [0.717, 1.165) is 44.0 Å². The highest BCUT2D eigenvalue weighted by Gasteiger charge is 2.26. The fourth-order valence-corrected chi connectivity index (χ4v) is 3.85. The lowest BCUT2D eigenvalue weighted by Crippen LogP contribution is -2.36. The zero-order chi connectivity index (χ0) is 17.2. The molecule has 134 valence electrons. The number of carbonyl (C=O) groups excluding carboxylic acids is 1. The summed E-state index contributed by atoms with van der Waals surface area (Å²) in [6.07, 6.45) is 6.35. The van der Waals surface area contributed by atoms with E-state index in [4.69, 9.17) is 0 Å². The van der Waals surface area contributed by atoms with Gasteiger partial charge in [0.1, 0.15) is 0 Å². The summed E-state index contributed by atoms with van der Waals surface area (Å²) in [5.74, 6) is 1.20. The lowest BCUT2D eigenvalue weighted by Gasteiger charge is -2.22. The van der Waals surface area contributed by atoms with E-state index >= 15 is 0 Å². The first kappa shape index (κ1) is 16.6. The summed E-state index contributed by atoms with van der Waals surface area (Å²) in [4.78, 5) is 17.3. The number of carbonyl (C=O) groups is 1. The van der Waals surface area contributed by atoms with E-state index < -0.39 is 0 Å². The van der Waals surface area contributed by atoms with Crippen LogP contribution in [0.15, 0.2) is 24.4 Å². The van der Waals surface area contributed by atoms with Gasteiger partial charge in [-0.1, -0.05) is 12.1 Å². The maximum absolute atomic E-state index is 12.7. The van der Waals surface area contributed by atoms with Gasteiger partial charge < -0.3 is 9.80 Å². The molecule has 1 saturated heterocycles. The summed E-state index contributed by atoms with van der Waals surface area (Å²) in [6, 6.07) is 6.24. The third-order valence-electron chi connectivity index (χ3n) is 5.60. The maximum atomic E-state index is 12.7. The largest absolute Gasteiger partial charge is 0.341 e. The van der Waals surface area contributed by atoms with Crippen LogP contribution < -0.4 is 0 Å². The van der Waals surface area contributed by atoms with Gasteiger partial charge in [0.05, 0.1) is 18.3 Å². The Hall–Kier alpha value is -1.88. The van der Waals surface area contributed by atoms with Crippen molar-refractivity contribution in [3.8, 4) is 0 Å². The Morgan fingerprint density at radius 2 is 2.08 bits per heavy atom. The smallest absolute Gasteiger partial charge is 0.224 e. The average Bonchev–Trinajstić information content (AvgIpc) is 3.37. The van der Waals surface area contributed by atoms with Crippen LogP contribution in [0.2, 0.25) is 0 Å². The molecule has 0 atom stereocenters. The van der Waals surface area contributed by atoms with Gasteiger partial charge in [0.15, 0.2) is 0 Å².